The number of pyridine rings is 1. The first-order valence-electron chi connectivity index (χ1n) is 8.26. The van der Waals surface area contributed by atoms with E-state index in [0.717, 1.165) is 6.07 Å². The minimum absolute atomic E-state index is 0.0846. The number of hydrogen-bond acceptors (Lipinski definition) is 6. The van der Waals surface area contributed by atoms with Crippen LogP contribution in [0, 0.1) is 17.1 Å². The second kappa shape index (κ2) is 7.74. The highest BCUT2D eigenvalue weighted by molar-refractivity contribution is 6.35. The van der Waals surface area contributed by atoms with E-state index in [2.05, 4.69) is 10.1 Å². The molecule has 3 rings (SSSR count). The van der Waals surface area contributed by atoms with Gasteiger partial charge in [-0.3, -0.25) is 4.98 Å². The van der Waals surface area contributed by atoms with Gasteiger partial charge in [0.15, 0.2) is 0 Å². The number of oxime groups is 1. The number of aromatic nitrogens is 1. The molecule has 2 aromatic rings. The summed E-state index contributed by atoms with van der Waals surface area (Å²) in [5.74, 6) is -1.19. The largest absolute Gasteiger partial charge is 0.463 e. The molecule has 1 aliphatic rings. The molecule has 1 aromatic heterocycles. The third-order valence-electron chi connectivity index (χ3n) is 4.16. The molecule has 9 heteroatoms. The molecular formula is C19H14Cl2FN3O3. The van der Waals surface area contributed by atoms with Crippen molar-refractivity contribution in [2.45, 2.75) is 25.9 Å². The molecule has 0 fully saturated rings. The molecule has 0 aliphatic carbocycles. The van der Waals surface area contributed by atoms with E-state index in [4.69, 9.17) is 38.0 Å². The van der Waals surface area contributed by atoms with Crippen molar-refractivity contribution in [2.24, 2.45) is 5.16 Å². The number of halogens is 3. The lowest BCUT2D eigenvalue weighted by Gasteiger charge is -2.18. The summed E-state index contributed by atoms with van der Waals surface area (Å²) >= 11 is 12.4. The first kappa shape index (κ1) is 20.1. The topological polar surface area (TPSA) is 84.6 Å². The minimum atomic E-state index is -1.28. The Kier molecular flexibility index (Phi) is 5.54. The van der Waals surface area contributed by atoms with Crippen molar-refractivity contribution < 1.29 is 18.8 Å². The van der Waals surface area contributed by atoms with Crippen molar-refractivity contribution in [3.8, 4) is 17.3 Å². The van der Waals surface area contributed by atoms with Gasteiger partial charge in [0, 0.05) is 23.7 Å². The summed E-state index contributed by atoms with van der Waals surface area (Å²) in [7, 11) is 0. The average Bonchev–Trinajstić information content (AvgIpc) is 3.06. The molecule has 28 heavy (non-hydrogen) atoms. The van der Waals surface area contributed by atoms with Crippen molar-refractivity contribution in [3.05, 3.63) is 51.4 Å². The van der Waals surface area contributed by atoms with E-state index >= 15 is 0 Å². The maximum absolute atomic E-state index is 14.6. The maximum Gasteiger partial charge on any atom is 0.353 e. The van der Waals surface area contributed by atoms with Gasteiger partial charge in [0.2, 0.25) is 5.60 Å². The van der Waals surface area contributed by atoms with E-state index in [1.165, 1.54) is 18.3 Å². The number of hydrogen-bond donors (Lipinski definition) is 0. The molecule has 0 N–H and O–H groups in total. The highest BCUT2D eigenvalue weighted by Gasteiger charge is 2.44. The zero-order chi connectivity index (χ0) is 20.5. The monoisotopic (exact) mass is 421 g/mol. The Morgan fingerprint density at radius 1 is 1.36 bits per heavy atom. The summed E-state index contributed by atoms with van der Waals surface area (Å²) < 4.78 is 19.6. The van der Waals surface area contributed by atoms with Crippen LogP contribution in [0.2, 0.25) is 10.0 Å². The fourth-order valence-electron chi connectivity index (χ4n) is 2.73. The molecule has 2 heterocycles. The third kappa shape index (κ3) is 3.66. The van der Waals surface area contributed by atoms with Crippen molar-refractivity contribution in [1.82, 2.24) is 4.98 Å². The Hall–Kier alpha value is -2.69. The van der Waals surface area contributed by atoms with Gasteiger partial charge in [-0.15, -0.1) is 0 Å². The molecule has 0 saturated carbocycles. The minimum Gasteiger partial charge on any atom is -0.463 e. The highest BCUT2D eigenvalue weighted by atomic mass is 35.5. The van der Waals surface area contributed by atoms with Crippen LogP contribution < -0.4 is 0 Å². The van der Waals surface area contributed by atoms with Gasteiger partial charge in [-0.1, -0.05) is 28.4 Å². The fourth-order valence-corrected chi connectivity index (χ4v) is 3.25. The van der Waals surface area contributed by atoms with E-state index < -0.39 is 17.4 Å². The number of carbonyl (C=O) groups is 1. The van der Waals surface area contributed by atoms with Gasteiger partial charge in [0.05, 0.1) is 33.6 Å². The summed E-state index contributed by atoms with van der Waals surface area (Å²) in [5.41, 5.74) is -0.0415. The Morgan fingerprint density at radius 3 is 2.75 bits per heavy atom. The number of benzene rings is 1. The van der Waals surface area contributed by atoms with Crippen molar-refractivity contribution >= 4 is 34.9 Å². The summed E-state index contributed by atoms with van der Waals surface area (Å²) in [6, 6.07) is 5.87. The molecule has 1 atom stereocenters. The van der Waals surface area contributed by atoms with E-state index in [9.17, 15) is 9.18 Å². The summed E-state index contributed by atoms with van der Waals surface area (Å²) in [6.07, 6.45) is 1.40. The molecule has 144 valence electrons. The number of carbonyl (C=O) groups excluding carboxylic acids is 1. The van der Waals surface area contributed by atoms with Crippen LogP contribution in [0.15, 0.2) is 29.6 Å². The number of esters is 1. The van der Waals surface area contributed by atoms with E-state index in [-0.39, 0.29) is 39.9 Å². The second-order valence-corrected chi connectivity index (χ2v) is 7.05. The van der Waals surface area contributed by atoms with Crippen LogP contribution in [0.25, 0.3) is 11.3 Å². The molecule has 0 saturated heterocycles. The van der Waals surface area contributed by atoms with Crippen LogP contribution in [-0.4, -0.2) is 28.9 Å². The van der Waals surface area contributed by atoms with E-state index in [1.54, 1.807) is 13.8 Å². The molecule has 0 amide bonds. The SMILES string of the molecule is CCOC(=O)C1(C)CC(c2cc(-c3ncc(C#N)cc3Cl)c(F)cc2Cl)=NO1. The van der Waals surface area contributed by atoms with Crippen LogP contribution in [-0.2, 0) is 14.4 Å². The molecule has 1 aromatic carbocycles. The van der Waals surface area contributed by atoms with Crippen molar-refractivity contribution in [1.29, 1.82) is 5.26 Å². The molecular weight excluding hydrogens is 408 g/mol. The number of rotatable bonds is 4. The molecule has 1 unspecified atom stereocenters. The average molecular weight is 422 g/mol. The van der Waals surface area contributed by atoms with Gasteiger partial charge < -0.3 is 9.57 Å². The Labute approximate surface area is 170 Å². The van der Waals surface area contributed by atoms with E-state index in [0.29, 0.717) is 11.3 Å². The number of nitrogens with zero attached hydrogens (tertiary/aromatic N) is 3. The fraction of sp³-hybridized carbons (Fsp3) is 0.263. The van der Waals surface area contributed by atoms with Crippen LogP contribution >= 0.6 is 23.2 Å². The van der Waals surface area contributed by atoms with Crippen LogP contribution in [0.5, 0.6) is 0 Å². The molecule has 0 bridgehead atoms. The zero-order valence-electron chi connectivity index (χ0n) is 14.9. The lowest BCUT2D eigenvalue weighted by Crippen LogP contribution is -2.37. The quantitative estimate of drug-likeness (QED) is 0.677. The maximum atomic E-state index is 14.6. The van der Waals surface area contributed by atoms with Gasteiger partial charge in [-0.05, 0) is 32.0 Å². The number of ether oxygens (including phenoxy) is 1. The van der Waals surface area contributed by atoms with Crippen LogP contribution in [0.3, 0.4) is 0 Å². The predicted octanol–water partition coefficient (Wildman–Crippen LogP) is 4.51. The molecule has 0 radical (unpaired) electrons. The van der Waals surface area contributed by atoms with Crippen LogP contribution in [0.4, 0.5) is 4.39 Å². The zero-order valence-corrected chi connectivity index (χ0v) is 16.4. The van der Waals surface area contributed by atoms with Crippen molar-refractivity contribution in [2.75, 3.05) is 6.61 Å². The lowest BCUT2D eigenvalue weighted by molar-refractivity contribution is -0.166. The van der Waals surface area contributed by atoms with Crippen molar-refractivity contribution in [3.63, 3.8) is 0 Å². The Bertz CT molecular complexity index is 1040. The van der Waals surface area contributed by atoms with Gasteiger partial charge in [-0.2, -0.15) is 5.26 Å². The normalized spacial score (nSPS) is 18.2. The number of nitriles is 1. The Morgan fingerprint density at radius 2 is 2.11 bits per heavy atom. The standard InChI is InChI=1S/C19H14Cl2FN3O3/c1-3-27-18(26)19(2)7-16(25-28-19)11-5-12(15(22)6-13(11)20)17-14(21)4-10(8-23)9-24-17/h4-6,9H,3,7H2,1-2H3. The van der Waals surface area contributed by atoms with Gasteiger partial charge in [0.1, 0.15) is 11.9 Å². The smallest absolute Gasteiger partial charge is 0.353 e. The third-order valence-corrected chi connectivity index (χ3v) is 4.76. The van der Waals surface area contributed by atoms with E-state index in [1.807, 2.05) is 6.07 Å². The highest BCUT2D eigenvalue weighted by Crippen LogP contribution is 2.35. The second-order valence-electron chi connectivity index (χ2n) is 6.24. The molecule has 6 nitrogen and oxygen atoms in total. The first-order chi connectivity index (χ1) is 13.3. The van der Waals surface area contributed by atoms with Crippen LogP contribution in [0.1, 0.15) is 31.4 Å². The Balaban J connectivity index is 2.00. The van der Waals surface area contributed by atoms with Gasteiger partial charge in [-0.25, -0.2) is 9.18 Å². The lowest BCUT2D eigenvalue weighted by atomic mass is 9.94. The first-order valence-corrected chi connectivity index (χ1v) is 9.02. The molecule has 0 spiro atoms. The van der Waals surface area contributed by atoms with Gasteiger partial charge in [0.25, 0.3) is 0 Å². The summed E-state index contributed by atoms with van der Waals surface area (Å²) in [4.78, 5) is 21.5. The summed E-state index contributed by atoms with van der Waals surface area (Å²) in [6.45, 7) is 3.45. The van der Waals surface area contributed by atoms with Gasteiger partial charge >= 0.3 is 5.97 Å². The molecule has 1 aliphatic heterocycles. The predicted molar refractivity (Wildman–Crippen MR) is 102 cm³/mol. The summed E-state index contributed by atoms with van der Waals surface area (Å²) in [5, 5.41) is 13.1.